The molecule has 0 amide bonds. The Morgan fingerprint density at radius 2 is 2.33 bits per heavy atom. The van der Waals surface area contributed by atoms with Gasteiger partial charge in [-0.2, -0.15) is 0 Å². The van der Waals surface area contributed by atoms with Crippen LogP contribution in [0.1, 0.15) is 19.8 Å². The molecule has 1 nitrogen and oxygen atoms in total. The number of hydrogen-bond acceptors (Lipinski definition) is 1. The van der Waals surface area contributed by atoms with Gasteiger partial charge < -0.3 is 5.11 Å². The highest BCUT2D eigenvalue weighted by atomic mass is 16.3. The van der Waals surface area contributed by atoms with E-state index in [2.05, 4.69) is 6.58 Å². The van der Waals surface area contributed by atoms with E-state index < -0.39 is 0 Å². The van der Waals surface area contributed by atoms with Crippen LogP contribution in [0.2, 0.25) is 0 Å². The van der Waals surface area contributed by atoms with Gasteiger partial charge in [-0.1, -0.05) is 31.7 Å². The quantitative estimate of drug-likeness (QED) is 0.570. The second-order valence-corrected chi connectivity index (χ2v) is 1.96. The second-order valence-electron chi connectivity index (χ2n) is 1.96. The molecule has 0 aromatic carbocycles. The van der Waals surface area contributed by atoms with Crippen molar-refractivity contribution in [3.8, 4) is 0 Å². The number of allylic oxidation sites excluding steroid dienone is 2. The highest BCUT2D eigenvalue weighted by molar-refractivity contribution is 4.97. The first-order valence-corrected chi connectivity index (χ1v) is 3.26. The molecule has 0 aliphatic heterocycles. The van der Waals surface area contributed by atoms with Crippen LogP contribution >= 0.6 is 0 Å². The third kappa shape index (κ3) is 5.31. The lowest BCUT2D eigenvalue weighted by molar-refractivity contribution is 0.174. The van der Waals surface area contributed by atoms with Crippen LogP contribution in [0.15, 0.2) is 24.8 Å². The van der Waals surface area contributed by atoms with Gasteiger partial charge in [-0.3, -0.25) is 0 Å². The molecule has 0 bridgehead atoms. The Morgan fingerprint density at radius 1 is 1.67 bits per heavy atom. The molecule has 1 N–H and O–H groups in total. The molecule has 0 rings (SSSR count). The van der Waals surface area contributed by atoms with Crippen LogP contribution in [-0.4, -0.2) is 11.2 Å². The Kier molecular flexibility index (Phi) is 5.23. The molecule has 0 aromatic heterocycles. The average Bonchev–Trinajstić information content (AvgIpc) is 1.89. The summed E-state index contributed by atoms with van der Waals surface area (Å²) >= 11 is 0. The molecule has 0 unspecified atom stereocenters. The highest BCUT2D eigenvalue weighted by Crippen LogP contribution is 1.96. The predicted octanol–water partition coefficient (Wildman–Crippen LogP) is 1.89. The van der Waals surface area contributed by atoms with Crippen molar-refractivity contribution >= 4 is 0 Å². The molecule has 0 saturated carbocycles. The summed E-state index contributed by atoms with van der Waals surface area (Å²) in [7, 11) is 0. The van der Waals surface area contributed by atoms with E-state index >= 15 is 0 Å². The molecule has 0 aromatic rings. The van der Waals surface area contributed by atoms with Gasteiger partial charge in [-0.25, -0.2) is 0 Å². The largest absolute Gasteiger partial charge is 0.393 e. The normalized spacial score (nSPS) is 14.0. The fourth-order valence-corrected chi connectivity index (χ4v) is 0.499. The Bertz CT molecular complexity index is 94.7. The van der Waals surface area contributed by atoms with Gasteiger partial charge in [-0.15, -0.1) is 0 Å². The van der Waals surface area contributed by atoms with Gasteiger partial charge in [-0.05, 0) is 12.8 Å². The van der Waals surface area contributed by atoms with Crippen molar-refractivity contribution < 1.29 is 5.11 Å². The Labute approximate surface area is 56.7 Å². The lowest BCUT2D eigenvalue weighted by Crippen LogP contribution is -2.00. The molecule has 0 fully saturated rings. The minimum Gasteiger partial charge on any atom is -0.393 e. The number of hydrogen-bond donors (Lipinski definition) is 1. The molecule has 0 radical (unpaired) electrons. The van der Waals surface area contributed by atoms with Gasteiger partial charge in [0.15, 0.2) is 0 Å². The number of aliphatic hydroxyl groups is 1. The molecule has 1 atom stereocenters. The van der Waals surface area contributed by atoms with E-state index in [1.165, 1.54) is 0 Å². The zero-order valence-corrected chi connectivity index (χ0v) is 5.88. The molecule has 0 aliphatic carbocycles. The van der Waals surface area contributed by atoms with E-state index in [4.69, 9.17) is 5.11 Å². The highest BCUT2D eigenvalue weighted by Gasteiger charge is 1.93. The monoisotopic (exact) mass is 126 g/mol. The summed E-state index contributed by atoms with van der Waals surface area (Å²) in [5, 5.41) is 9.00. The molecule has 0 saturated heterocycles. The average molecular weight is 126 g/mol. The van der Waals surface area contributed by atoms with E-state index in [-0.39, 0.29) is 6.10 Å². The van der Waals surface area contributed by atoms with Crippen LogP contribution in [0.4, 0.5) is 0 Å². The van der Waals surface area contributed by atoms with Crippen LogP contribution < -0.4 is 0 Å². The second kappa shape index (κ2) is 5.57. The molecule has 0 heterocycles. The first-order chi connectivity index (χ1) is 4.31. The van der Waals surface area contributed by atoms with Crippen LogP contribution in [0.5, 0.6) is 0 Å². The smallest absolute Gasteiger partial charge is 0.0572 e. The van der Waals surface area contributed by atoms with Gasteiger partial charge in [0.1, 0.15) is 0 Å². The Hall–Kier alpha value is -0.560. The Balaban J connectivity index is 3.25. The van der Waals surface area contributed by atoms with Crippen molar-refractivity contribution in [2.75, 3.05) is 0 Å². The number of aliphatic hydroxyl groups excluding tert-OH is 1. The molecule has 52 valence electrons. The van der Waals surface area contributed by atoms with E-state index in [0.29, 0.717) is 0 Å². The fraction of sp³-hybridized carbons (Fsp3) is 0.500. The maximum Gasteiger partial charge on any atom is 0.0572 e. The van der Waals surface area contributed by atoms with E-state index in [1.807, 2.05) is 19.1 Å². The van der Waals surface area contributed by atoms with Crippen molar-refractivity contribution in [3.63, 3.8) is 0 Å². The summed E-state index contributed by atoms with van der Waals surface area (Å²) in [6.45, 7) is 5.48. The lowest BCUT2D eigenvalue weighted by atomic mass is 10.2. The molecule has 1 heteroatoms. The van der Waals surface area contributed by atoms with Gasteiger partial charge >= 0.3 is 0 Å². The maximum absolute atomic E-state index is 9.00. The van der Waals surface area contributed by atoms with E-state index in [0.717, 1.165) is 12.8 Å². The standard InChI is InChI=1S/C8H14O/c1-3-5-6-7-8(9)4-2/h3,5-6,8-9H,1,4,7H2,2H3/b6-5+/t8-/m1/s1. The SMILES string of the molecule is C=C/C=C/C[C@H](O)CC. The van der Waals surface area contributed by atoms with Crippen molar-refractivity contribution in [1.82, 2.24) is 0 Å². The number of rotatable bonds is 4. The van der Waals surface area contributed by atoms with Crippen LogP contribution in [-0.2, 0) is 0 Å². The van der Waals surface area contributed by atoms with Crippen molar-refractivity contribution in [2.45, 2.75) is 25.9 Å². The fourth-order valence-electron chi connectivity index (χ4n) is 0.499. The minimum atomic E-state index is -0.179. The zero-order valence-electron chi connectivity index (χ0n) is 5.88. The van der Waals surface area contributed by atoms with Crippen LogP contribution in [0, 0.1) is 0 Å². The van der Waals surface area contributed by atoms with Crippen molar-refractivity contribution in [3.05, 3.63) is 24.8 Å². The summed E-state index contributed by atoms with van der Waals surface area (Å²) < 4.78 is 0. The van der Waals surface area contributed by atoms with Gasteiger partial charge in [0.2, 0.25) is 0 Å². The van der Waals surface area contributed by atoms with Crippen molar-refractivity contribution in [2.24, 2.45) is 0 Å². The topological polar surface area (TPSA) is 20.2 Å². The molecular weight excluding hydrogens is 112 g/mol. The first kappa shape index (κ1) is 8.44. The third-order valence-corrected chi connectivity index (χ3v) is 1.15. The molecule has 0 spiro atoms. The molecule has 9 heavy (non-hydrogen) atoms. The first-order valence-electron chi connectivity index (χ1n) is 3.26. The summed E-state index contributed by atoms with van der Waals surface area (Å²) in [5.41, 5.74) is 0. The van der Waals surface area contributed by atoms with Crippen LogP contribution in [0.25, 0.3) is 0 Å². The Morgan fingerprint density at radius 3 is 2.78 bits per heavy atom. The lowest BCUT2D eigenvalue weighted by Gasteiger charge is -2.00. The van der Waals surface area contributed by atoms with Gasteiger partial charge in [0.25, 0.3) is 0 Å². The van der Waals surface area contributed by atoms with Gasteiger partial charge in [0.05, 0.1) is 6.10 Å². The zero-order chi connectivity index (χ0) is 7.11. The molecule has 0 aliphatic rings. The summed E-state index contributed by atoms with van der Waals surface area (Å²) in [6.07, 6.45) is 6.85. The third-order valence-electron chi connectivity index (χ3n) is 1.15. The summed E-state index contributed by atoms with van der Waals surface area (Å²) in [4.78, 5) is 0. The van der Waals surface area contributed by atoms with Gasteiger partial charge in [0, 0.05) is 0 Å². The summed E-state index contributed by atoms with van der Waals surface area (Å²) in [6, 6.07) is 0. The minimum absolute atomic E-state index is 0.179. The van der Waals surface area contributed by atoms with E-state index in [9.17, 15) is 0 Å². The summed E-state index contributed by atoms with van der Waals surface area (Å²) in [5.74, 6) is 0. The predicted molar refractivity (Wildman–Crippen MR) is 40.3 cm³/mol. The van der Waals surface area contributed by atoms with Crippen molar-refractivity contribution in [1.29, 1.82) is 0 Å². The van der Waals surface area contributed by atoms with E-state index in [1.54, 1.807) is 6.08 Å². The van der Waals surface area contributed by atoms with Crippen LogP contribution in [0.3, 0.4) is 0 Å². The molecular formula is C8H14O. The maximum atomic E-state index is 9.00.